The Hall–Kier alpha value is -3.55. The second-order valence-electron chi connectivity index (χ2n) is 7.73. The number of amides is 1. The van der Waals surface area contributed by atoms with E-state index in [1.807, 2.05) is 0 Å². The van der Waals surface area contributed by atoms with Crippen molar-refractivity contribution in [1.29, 1.82) is 0 Å². The summed E-state index contributed by atoms with van der Waals surface area (Å²) in [4.78, 5) is 39.3. The van der Waals surface area contributed by atoms with Gasteiger partial charge < -0.3 is 23.9 Å². The Morgan fingerprint density at radius 2 is 1.97 bits per heavy atom. The maximum atomic E-state index is 13.8. The number of ketones is 1. The smallest absolute Gasteiger partial charge is 0.317 e. The number of allylic oxidation sites excluding steroid dienone is 2. The summed E-state index contributed by atoms with van der Waals surface area (Å²) in [6.07, 6.45) is 1.82. The topological polar surface area (TPSA) is 104 Å². The fourth-order valence-corrected chi connectivity index (χ4v) is 4.60. The number of rotatable bonds is 6. The summed E-state index contributed by atoms with van der Waals surface area (Å²) in [6.45, 7) is 1.85. The number of methoxy groups -OCH3 is 2. The molecule has 0 spiro atoms. The van der Waals surface area contributed by atoms with Gasteiger partial charge in [-0.25, -0.2) is 0 Å². The summed E-state index contributed by atoms with van der Waals surface area (Å²) in [5, 5.41) is 2.85. The number of carbonyl (C=O) groups is 3. The maximum absolute atomic E-state index is 13.8. The summed E-state index contributed by atoms with van der Waals surface area (Å²) in [5.41, 5.74) is 1.56. The van der Waals surface area contributed by atoms with E-state index in [0.717, 1.165) is 0 Å². The lowest BCUT2D eigenvalue weighted by atomic mass is 9.69. The van der Waals surface area contributed by atoms with Crippen molar-refractivity contribution in [2.45, 2.75) is 31.6 Å². The van der Waals surface area contributed by atoms with Gasteiger partial charge in [0.15, 0.2) is 5.78 Å². The summed E-state index contributed by atoms with van der Waals surface area (Å²) < 4.78 is 21.6. The average Bonchev–Trinajstić information content (AvgIpc) is 3.32. The third-order valence-corrected chi connectivity index (χ3v) is 5.99. The monoisotopic (exact) mass is 439 g/mol. The predicted molar refractivity (Wildman–Crippen MR) is 113 cm³/mol. The van der Waals surface area contributed by atoms with Crippen LogP contribution in [0.25, 0.3) is 0 Å². The number of benzene rings is 1. The molecule has 1 aromatic carbocycles. The van der Waals surface area contributed by atoms with Gasteiger partial charge in [0.1, 0.15) is 23.2 Å². The largest absolute Gasteiger partial charge is 0.497 e. The molecule has 8 heteroatoms. The highest BCUT2D eigenvalue weighted by Gasteiger charge is 2.49. The van der Waals surface area contributed by atoms with Gasteiger partial charge in [0.25, 0.3) is 0 Å². The van der Waals surface area contributed by atoms with E-state index in [9.17, 15) is 14.4 Å². The molecule has 1 N–H and O–H groups in total. The highest BCUT2D eigenvalue weighted by molar-refractivity contribution is 6.12. The SMILES string of the molecule is CCOC(=O)[C@@H]1C(=O)C2=C(C[C@@H]1c1ccco1)NC(=O)C[C@@H]2c1cc(OC)ccc1OC. The zero-order valence-electron chi connectivity index (χ0n) is 18.2. The van der Waals surface area contributed by atoms with E-state index in [4.69, 9.17) is 18.6 Å². The predicted octanol–water partition coefficient (Wildman–Crippen LogP) is 3.09. The van der Waals surface area contributed by atoms with Crippen LogP contribution in [0.15, 0.2) is 52.3 Å². The maximum Gasteiger partial charge on any atom is 0.317 e. The molecule has 0 saturated heterocycles. The fraction of sp³-hybridized carbons (Fsp3) is 0.375. The van der Waals surface area contributed by atoms with Crippen LogP contribution in [0.4, 0.5) is 0 Å². The minimum Gasteiger partial charge on any atom is -0.497 e. The van der Waals surface area contributed by atoms with Crippen molar-refractivity contribution in [3.63, 3.8) is 0 Å². The Kier molecular flexibility index (Phi) is 6.03. The van der Waals surface area contributed by atoms with Gasteiger partial charge in [0, 0.05) is 35.1 Å². The molecule has 2 heterocycles. The van der Waals surface area contributed by atoms with Crippen molar-refractivity contribution in [3.05, 3.63) is 59.2 Å². The number of hydrogen-bond acceptors (Lipinski definition) is 7. The van der Waals surface area contributed by atoms with Crippen molar-refractivity contribution in [2.24, 2.45) is 5.92 Å². The zero-order valence-corrected chi connectivity index (χ0v) is 18.2. The molecule has 0 saturated carbocycles. The quantitative estimate of drug-likeness (QED) is 0.545. The first-order valence-corrected chi connectivity index (χ1v) is 10.5. The molecule has 3 atom stereocenters. The van der Waals surface area contributed by atoms with Gasteiger partial charge in [0.2, 0.25) is 5.91 Å². The van der Waals surface area contributed by atoms with Gasteiger partial charge >= 0.3 is 5.97 Å². The van der Waals surface area contributed by atoms with Crippen molar-refractivity contribution < 1.29 is 33.0 Å². The first-order chi connectivity index (χ1) is 15.5. The second kappa shape index (κ2) is 8.90. The third kappa shape index (κ3) is 3.77. The average molecular weight is 439 g/mol. The summed E-state index contributed by atoms with van der Waals surface area (Å²) in [7, 11) is 3.07. The van der Waals surface area contributed by atoms with Gasteiger partial charge in [-0.2, -0.15) is 0 Å². The molecule has 2 aromatic rings. The molecule has 1 aliphatic heterocycles. The Morgan fingerprint density at radius 1 is 1.16 bits per heavy atom. The lowest BCUT2D eigenvalue weighted by molar-refractivity contribution is -0.152. The molecule has 0 bridgehead atoms. The number of ether oxygens (including phenoxy) is 3. The van der Waals surface area contributed by atoms with Crippen molar-refractivity contribution in [2.75, 3.05) is 20.8 Å². The van der Waals surface area contributed by atoms with Gasteiger partial charge in [-0.3, -0.25) is 14.4 Å². The first-order valence-electron chi connectivity index (χ1n) is 10.5. The van der Waals surface area contributed by atoms with E-state index in [1.165, 1.54) is 13.4 Å². The molecule has 0 unspecified atom stereocenters. The summed E-state index contributed by atoms with van der Waals surface area (Å²) in [6, 6.07) is 8.68. The molecule has 8 nitrogen and oxygen atoms in total. The number of furan rings is 1. The lowest BCUT2D eigenvalue weighted by Crippen LogP contribution is -2.44. The molecule has 1 aromatic heterocycles. The molecular formula is C24H25NO7. The van der Waals surface area contributed by atoms with E-state index in [1.54, 1.807) is 44.4 Å². The van der Waals surface area contributed by atoms with Crippen molar-refractivity contribution in [3.8, 4) is 11.5 Å². The number of Topliss-reactive ketones (excluding diaryl/α,β-unsaturated/α-hetero) is 1. The van der Waals surface area contributed by atoms with Gasteiger partial charge in [0.05, 0.1) is 27.1 Å². The first kappa shape index (κ1) is 21.7. The second-order valence-corrected chi connectivity index (χ2v) is 7.73. The molecule has 168 valence electrons. The van der Waals surface area contributed by atoms with Crippen LogP contribution in [0.3, 0.4) is 0 Å². The summed E-state index contributed by atoms with van der Waals surface area (Å²) in [5.74, 6) is -1.78. The highest BCUT2D eigenvalue weighted by atomic mass is 16.5. The summed E-state index contributed by atoms with van der Waals surface area (Å²) >= 11 is 0. The standard InChI is InChI=1S/C24H25NO7/c1-4-31-24(28)22-16(19-6-5-9-32-19)11-17-21(23(22)27)15(12-20(26)25-17)14-10-13(29-2)7-8-18(14)30-3/h5-10,15-16,22H,4,11-12H2,1-3H3,(H,25,26)/t15-,16-,22+/m1/s1. The molecular weight excluding hydrogens is 414 g/mol. The molecule has 0 radical (unpaired) electrons. The Balaban J connectivity index is 1.85. The zero-order chi connectivity index (χ0) is 22.8. The van der Waals surface area contributed by atoms with Crippen LogP contribution < -0.4 is 14.8 Å². The number of nitrogens with one attached hydrogen (secondary N) is 1. The van der Waals surface area contributed by atoms with E-state index < -0.39 is 23.7 Å². The molecule has 32 heavy (non-hydrogen) atoms. The Morgan fingerprint density at radius 3 is 2.62 bits per heavy atom. The molecule has 1 aliphatic carbocycles. The molecule has 0 fully saturated rings. The van der Waals surface area contributed by atoms with Crippen LogP contribution in [0.1, 0.15) is 42.9 Å². The Bertz CT molecular complexity index is 1070. The Labute approximate surface area is 185 Å². The number of esters is 1. The molecule has 2 aliphatic rings. The number of hydrogen-bond donors (Lipinski definition) is 1. The van der Waals surface area contributed by atoms with E-state index in [0.29, 0.717) is 34.1 Å². The molecule has 1 amide bonds. The van der Waals surface area contributed by atoms with E-state index >= 15 is 0 Å². The van der Waals surface area contributed by atoms with Crippen LogP contribution in [0.5, 0.6) is 11.5 Å². The van der Waals surface area contributed by atoms with Gasteiger partial charge in [-0.05, 0) is 43.7 Å². The van der Waals surface area contributed by atoms with Crippen LogP contribution in [-0.4, -0.2) is 38.5 Å². The van der Waals surface area contributed by atoms with Crippen molar-refractivity contribution >= 4 is 17.7 Å². The van der Waals surface area contributed by atoms with Crippen LogP contribution in [0, 0.1) is 5.92 Å². The normalized spacial score (nSPS) is 22.8. The van der Waals surface area contributed by atoms with Crippen LogP contribution in [0.2, 0.25) is 0 Å². The number of carbonyl (C=O) groups excluding carboxylic acids is 3. The van der Waals surface area contributed by atoms with Crippen molar-refractivity contribution in [1.82, 2.24) is 5.32 Å². The highest BCUT2D eigenvalue weighted by Crippen LogP contribution is 2.47. The van der Waals surface area contributed by atoms with E-state index in [-0.39, 0.29) is 31.1 Å². The minimum atomic E-state index is -1.06. The lowest BCUT2D eigenvalue weighted by Gasteiger charge is -2.37. The van der Waals surface area contributed by atoms with Crippen LogP contribution >= 0.6 is 0 Å². The fourth-order valence-electron chi connectivity index (χ4n) is 4.60. The van der Waals surface area contributed by atoms with Crippen LogP contribution in [-0.2, 0) is 19.1 Å². The minimum absolute atomic E-state index is 0.0507. The van der Waals surface area contributed by atoms with E-state index in [2.05, 4.69) is 5.32 Å². The third-order valence-electron chi connectivity index (χ3n) is 5.99. The van der Waals surface area contributed by atoms with Gasteiger partial charge in [-0.15, -0.1) is 0 Å². The van der Waals surface area contributed by atoms with Gasteiger partial charge in [-0.1, -0.05) is 0 Å². The molecule has 4 rings (SSSR count).